The molecule has 0 aliphatic heterocycles. The molecule has 0 N–H and O–H groups in total. The quantitative estimate of drug-likeness (QED) is 0.474. The molecule has 0 saturated heterocycles. The van der Waals surface area contributed by atoms with Crippen molar-refractivity contribution in [2.45, 2.75) is 32.1 Å². The molecule has 0 spiro atoms. The lowest BCUT2D eigenvalue weighted by atomic mass is 9.90. The van der Waals surface area contributed by atoms with E-state index in [9.17, 15) is 10.1 Å². The van der Waals surface area contributed by atoms with Gasteiger partial charge in [-0.25, -0.2) is 4.68 Å². The van der Waals surface area contributed by atoms with Crippen molar-refractivity contribution < 1.29 is 4.92 Å². The van der Waals surface area contributed by atoms with Crippen LogP contribution in [0, 0.1) is 10.1 Å². The number of nitrogens with zero attached hydrogens (tertiary/aromatic N) is 3. The monoisotopic (exact) mass is 327 g/mol. The van der Waals surface area contributed by atoms with E-state index in [1.807, 2.05) is 20.8 Å². The van der Waals surface area contributed by atoms with Gasteiger partial charge in [0, 0.05) is 23.1 Å². The minimum absolute atomic E-state index is 0.0104. The molecule has 0 amide bonds. The maximum absolute atomic E-state index is 10.9. The molecule has 0 aliphatic carbocycles. The van der Waals surface area contributed by atoms with Crippen molar-refractivity contribution in [1.82, 2.24) is 9.78 Å². The van der Waals surface area contributed by atoms with Crippen LogP contribution in [0.3, 0.4) is 0 Å². The van der Waals surface area contributed by atoms with E-state index in [1.165, 1.54) is 16.8 Å². The molecular weight excluding hydrogens is 313 g/mol. The molecule has 21 heavy (non-hydrogen) atoms. The van der Waals surface area contributed by atoms with Crippen LogP contribution in [0.2, 0.25) is 5.15 Å². The fraction of sp³-hybridized carbons (Fsp3) is 0.357. The van der Waals surface area contributed by atoms with Crippen molar-refractivity contribution >= 4 is 28.9 Å². The number of benzene rings is 1. The van der Waals surface area contributed by atoms with Crippen LogP contribution >= 0.6 is 23.2 Å². The SMILES string of the molecule is CC(C)(C)c1nn(-c2cccc([N+](=O)[O-])c2)c(Cl)c1CCl. The van der Waals surface area contributed by atoms with Crippen molar-refractivity contribution in [2.24, 2.45) is 0 Å². The molecule has 7 heteroatoms. The second-order valence-electron chi connectivity index (χ2n) is 5.69. The zero-order valence-corrected chi connectivity index (χ0v) is 13.4. The Labute approximate surface area is 132 Å². The summed E-state index contributed by atoms with van der Waals surface area (Å²) in [5, 5.41) is 15.8. The van der Waals surface area contributed by atoms with Crippen molar-refractivity contribution in [3.8, 4) is 5.69 Å². The average molecular weight is 328 g/mol. The van der Waals surface area contributed by atoms with Crippen LogP contribution in [0.15, 0.2) is 24.3 Å². The van der Waals surface area contributed by atoms with Crippen molar-refractivity contribution in [3.63, 3.8) is 0 Å². The third-order valence-electron chi connectivity index (χ3n) is 3.05. The second kappa shape index (κ2) is 5.66. The zero-order chi connectivity index (χ0) is 15.8. The highest BCUT2D eigenvalue weighted by atomic mass is 35.5. The van der Waals surface area contributed by atoms with Gasteiger partial charge < -0.3 is 0 Å². The Bertz CT molecular complexity index is 690. The number of nitro groups is 1. The molecule has 0 unspecified atom stereocenters. The molecule has 1 heterocycles. The van der Waals surface area contributed by atoms with Crippen molar-refractivity contribution in [3.05, 3.63) is 50.8 Å². The molecule has 0 fully saturated rings. The first-order chi connectivity index (χ1) is 9.75. The van der Waals surface area contributed by atoms with Crippen LogP contribution in [0.1, 0.15) is 32.0 Å². The van der Waals surface area contributed by atoms with Gasteiger partial charge in [0.25, 0.3) is 5.69 Å². The summed E-state index contributed by atoms with van der Waals surface area (Å²) in [5.41, 5.74) is 1.84. The summed E-state index contributed by atoms with van der Waals surface area (Å²) in [6.07, 6.45) is 0. The standard InChI is InChI=1S/C14H15Cl2N3O2/c1-14(2,3)12-11(8-15)13(16)18(17-12)9-5-4-6-10(7-9)19(20)21/h4-7H,8H2,1-3H3. The maximum Gasteiger partial charge on any atom is 0.271 e. The van der Waals surface area contributed by atoms with Gasteiger partial charge in [0.15, 0.2) is 0 Å². The lowest BCUT2D eigenvalue weighted by Crippen LogP contribution is -2.14. The fourth-order valence-electron chi connectivity index (χ4n) is 2.06. The first kappa shape index (κ1) is 15.8. The van der Waals surface area contributed by atoms with Gasteiger partial charge in [0.2, 0.25) is 0 Å². The molecule has 5 nitrogen and oxygen atoms in total. The predicted octanol–water partition coefficient (Wildman–Crippen LogP) is 4.47. The summed E-state index contributed by atoms with van der Waals surface area (Å²) in [4.78, 5) is 10.4. The van der Waals surface area contributed by atoms with Gasteiger partial charge in [-0.3, -0.25) is 10.1 Å². The number of alkyl halides is 1. The molecule has 112 valence electrons. The number of halogens is 2. The zero-order valence-electron chi connectivity index (χ0n) is 11.9. The first-order valence-electron chi connectivity index (χ1n) is 6.34. The van der Waals surface area contributed by atoms with E-state index in [0.717, 1.165) is 11.3 Å². The highest BCUT2D eigenvalue weighted by Crippen LogP contribution is 2.33. The number of nitro benzene ring substituents is 1. The summed E-state index contributed by atoms with van der Waals surface area (Å²) in [6.45, 7) is 6.04. The molecule has 0 bridgehead atoms. The summed E-state index contributed by atoms with van der Waals surface area (Å²) in [6, 6.07) is 6.18. The molecule has 0 atom stereocenters. The van der Waals surface area contributed by atoms with E-state index >= 15 is 0 Å². The van der Waals surface area contributed by atoms with Crippen LogP contribution in [0.5, 0.6) is 0 Å². The van der Waals surface area contributed by atoms with Gasteiger partial charge in [-0.05, 0) is 6.07 Å². The number of non-ortho nitro benzene ring substituents is 1. The molecular formula is C14H15Cl2N3O2. The van der Waals surface area contributed by atoms with E-state index in [2.05, 4.69) is 5.10 Å². The smallest absolute Gasteiger partial charge is 0.258 e. The van der Waals surface area contributed by atoms with Crippen LogP contribution in [-0.2, 0) is 11.3 Å². The van der Waals surface area contributed by atoms with E-state index in [-0.39, 0.29) is 17.0 Å². The first-order valence-corrected chi connectivity index (χ1v) is 7.25. The van der Waals surface area contributed by atoms with Gasteiger partial charge in [-0.2, -0.15) is 5.10 Å². The Hall–Kier alpha value is -1.59. The molecule has 0 radical (unpaired) electrons. The maximum atomic E-state index is 10.9. The Kier molecular flexibility index (Phi) is 4.25. The third-order valence-corrected chi connectivity index (χ3v) is 3.71. The Morgan fingerprint density at radius 3 is 2.52 bits per heavy atom. The summed E-state index contributed by atoms with van der Waals surface area (Å²) >= 11 is 12.3. The Morgan fingerprint density at radius 1 is 1.38 bits per heavy atom. The van der Waals surface area contributed by atoms with E-state index in [0.29, 0.717) is 10.8 Å². The Balaban J connectivity index is 2.62. The van der Waals surface area contributed by atoms with E-state index < -0.39 is 4.92 Å². The highest BCUT2D eigenvalue weighted by molar-refractivity contribution is 6.31. The van der Waals surface area contributed by atoms with E-state index in [1.54, 1.807) is 12.1 Å². The third kappa shape index (κ3) is 3.04. The van der Waals surface area contributed by atoms with Gasteiger partial charge in [-0.15, -0.1) is 11.6 Å². The second-order valence-corrected chi connectivity index (χ2v) is 6.32. The number of aromatic nitrogens is 2. The average Bonchev–Trinajstić information content (AvgIpc) is 2.75. The molecule has 0 aliphatic rings. The van der Waals surface area contributed by atoms with Crippen molar-refractivity contribution in [2.75, 3.05) is 0 Å². The van der Waals surface area contributed by atoms with Gasteiger partial charge in [0.1, 0.15) is 5.15 Å². The molecule has 1 aromatic heterocycles. The number of hydrogen-bond donors (Lipinski definition) is 0. The summed E-state index contributed by atoms with van der Waals surface area (Å²) in [5.74, 6) is 0.236. The summed E-state index contributed by atoms with van der Waals surface area (Å²) < 4.78 is 1.49. The lowest BCUT2D eigenvalue weighted by molar-refractivity contribution is -0.384. The topological polar surface area (TPSA) is 61.0 Å². The number of hydrogen-bond acceptors (Lipinski definition) is 3. The predicted molar refractivity (Wildman–Crippen MR) is 83.5 cm³/mol. The molecule has 1 aromatic carbocycles. The van der Waals surface area contributed by atoms with Crippen LogP contribution in [0.25, 0.3) is 5.69 Å². The van der Waals surface area contributed by atoms with Gasteiger partial charge in [0.05, 0.1) is 22.2 Å². The number of rotatable bonds is 3. The summed E-state index contributed by atoms with van der Waals surface area (Å²) in [7, 11) is 0. The largest absolute Gasteiger partial charge is 0.271 e. The molecule has 2 rings (SSSR count). The minimum Gasteiger partial charge on any atom is -0.258 e. The molecule has 0 saturated carbocycles. The lowest BCUT2D eigenvalue weighted by Gasteiger charge is -2.16. The van der Waals surface area contributed by atoms with Gasteiger partial charge >= 0.3 is 0 Å². The van der Waals surface area contributed by atoms with Crippen molar-refractivity contribution in [1.29, 1.82) is 0 Å². The fourth-order valence-corrected chi connectivity index (χ4v) is 2.67. The van der Waals surface area contributed by atoms with Gasteiger partial charge in [-0.1, -0.05) is 38.4 Å². The minimum atomic E-state index is -0.450. The Morgan fingerprint density at radius 2 is 2.05 bits per heavy atom. The normalized spacial score (nSPS) is 11.7. The van der Waals surface area contributed by atoms with Crippen LogP contribution in [0.4, 0.5) is 5.69 Å². The van der Waals surface area contributed by atoms with Crippen LogP contribution in [-0.4, -0.2) is 14.7 Å². The van der Waals surface area contributed by atoms with E-state index in [4.69, 9.17) is 23.2 Å². The molecule has 2 aromatic rings. The van der Waals surface area contributed by atoms with Crippen LogP contribution < -0.4 is 0 Å². The highest BCUT2D eigenvalue weighted by Gasteiger charge is 2.26.